The van der Waals surface area contributed by atoms with Gasteiger partial charge in [-0.25, -0.2) is 0 Å². The molecule has 1 atom stereocenters. The molecule has 0 aliphatic heterocycles. The second-order valence-corrected chi connectivity index (χ2v) is 4.51. The van der Waals surface area contributed by atoms with E-state index in [-0.39, 0.29) is 12.6 Å². The normalized spacial score (nSPS) is 12.6. The molecule has 0 saturated heterocycles. The standard InChI is InChI=1S/C15H25NO/c1-3-5-13-6-8-14(9-7-13)15(10-12-17)16-11-4-2/h6-9,15-17H,3-5,10-12H2,1-2H3. The van der Waals surface area contributed by atoms with Gasteiger partial charge in [0.25, 0.3) is 0 Å². The molecule has 0 heterocycles. The molecular weight excluding hydrogens is 210 g/mol. The van der Waals surface area contributed by atoms with E-state index in [2.05, 4.69) is 43.4 Å². The molecule has 0 spiro atoms. The molecule has 1 aromatic rings. The molecule has 1 rings (SSSR count). The maximum Gasteiger partial charge on any atom is 0.0449 e. The Balaban J connectivity index is 2.65. The molecule has 17 heavy (non-hydrogen) atoms. The van der Waals surface area contributed by atoms with Crippen molar-refractivity contribution in [1.82, 2.24) is 5.32 Å². The fourth-order valence-electron chi connectivity index (χ4n) is 2.04. The van der Waals surface area contributed by atoms with E-state index < -0.39 is 0 Å². The Hall–Kier alpha value is -0.860. The first kappa shape index (κ1) is 14.2. The lowest BCUT2D eigenvalue weighted by atomic mass is 10.0. The van der Waals surface area contributed by atoms with Gasteiger partial charge in [-0.05, 0) is 36.9 Å². The topological polar surface area (TPSA) is 32.3 Å². The fraction of sp³-hybridized carbons (Fsp3) is 0.600. The Morgan fingerprint density at radius 3 is 2.35 bits per heavy atom. The number of aliphatic hydroxyl groups is 1. The van der Waals surface area contributed by atoms with Crippen LogP contribution in [0, 0.1) is 0 Å². The highest BCUT2D eigenvalue weighted by atomic mass is 16.3. The van der Waals surface area contributed by atoms with Crippen molar-refractivity contribution in [2.75, 3.05) is 13.2 Å². The van der Waals surface area contributed by atoms with Crippen LogP contribution in [0.3, 0.4) is 0 Å². The van der Waals surface area contributed by atoms with Crippen LogP contribution in [0.4, 0.5) is 0 Å². The van der Waals surface area contributed by atoms with Gasteiger partial charge in [0.15, 0.2) is 0 Å². The quantitative estimate of drug-likeness (QED) is 0.726. The van der Waals surface area contributed by atoms with Gasteiger partial charge in [0.2, 0.25) is 0 Å². The third-order valence-corrected chi connectivity index (χ3v) is 2.98. The number of aliphatic hydroxyl groups excluding tert-OH is 1. The molecule has 2 nitrogen and oxygen atoms in total. The molecule has 0 bridgehead atoms. The van der Waals surface area contributed by atoms with Gasteiger partial charge in [-0.15, -0.1) is 0 Å². The van der Waals surface area contributed by atoms with Crippen LogP contribution in [0.2, 0.25) is 0 Å². The van der Waals surface area contributed by atoms with Gasteiger partial charge in [0, 0.05) is 12.6 Å². The lowest BCUT2D eigenvalue weighted by molar-refractivity contribution is 0.265. The highest BCUT2D eigenvalue weighted by Crippen LogP contribution is 2.17. The third kappa shape index (κ3) is 4.88. The van der Waals surface area contributed by atoms with Crippen LogP contribution in [-0.2, 0) is 6.42 Å². The van der Waals surface area contributed by atoms with E-state index in [0.717, 1.165) is 25.8 Å². The molecule has 0 saturated carbocycles. The summed E-state index contributed by atoms with van der Waals surface area (Å²) < 4.78 is 0. The largest absolute Gasteiger partial charge is 0.396 e. The van der Waals surface area contributed by atoms with Gasteiger partial charge in [0.1, 0.15) is 0 Å². The number of rotatable bonds is 8. The van der Waals surface area contributed by atoms with E-state index in [4.69, 9.17) is 5.11 Å². The summed E-state index contributed by atoms with van der Waals surface area (Å²) in [5.41, 5.74) is 2.68. The summed E-state index contributed by atoms with van der Waals surface area (Å²) in [7, 11) is 0. The molecule has 0 radical (unpaired) electrons. The van der Waals surface area contributed by atoms with E-state index in [9.17, 15) is 0 Å². The Bertz CT molecular complexity index is 294. The third-order valence-electron chi connectivity index (χ3n) is 2.98. The molecule has 0 aromatic heterocycles. The maximum absolute atomic E-state index is 9.10. The summed E-state index contributed by atoms with van der Waals surface area (Å²) in [6.45, 7) is 5.60. The fourth-order valence-corrected chi connectivity index (χ4v) is 2.04. The van der Waals surface area contributed by atoms with Crippen molar-refractivity contribution < 1.29 is 5.11 Å². The summed E-state index contributed by atoms with van der Waals surface area (Å²) in [6.07, 6.45) is 4.24. The van der Waals surface area contributed by atoms with Crippen molar-refractivity contribution in [1.29, 1.82) is 0 Å². The molecular formula is C15H25NO. The number of aryl methyl sites for hydroxylation is 1. The molecule has 0 aliphatic carbocycles. The van der Waals surface area contributed by atoms with Crippen LogP contribution >= 0.6 is 0 Å². The van der Waals surface area contributed by atoms with Crippen molar-refractivity contribution in [3.63, 3.8) is 0 Å². The highest BCUT2D eigenvalue weighted by molar-refractivity contribution is 5.25. The first-order valence-corrected chi connectivity index (χ1v) is 6.74. The van der Waals surface area contributed by atoms with Gasteiger partial charge >= 0.3 is 0 Å². The van der Waals surface area contributed by atoms with Crippen molar-refractivity contribution in [3.8, 4) is 0 Å². The molecule has 0 amide bonds. The number of hydrogen-bond acceptors (Lipinski definition) is 2. The predicted octanol–water partition coefficient (Wildman–Crippen LogP) is 3.06. The minimum Gasteiger partial charge on any atom is -0.396 e. The van der Waals surface area contributed by atoms with Crippen LogP contribution in [0.25, 0.3) is 0 Å². The van der Waals surface area contributed by atoms with Gasteiger partial charge in [0.05, 0.1) is 0 Å². The summed E-state index contributed by atoms with van der Waals surface area (Å²) in [5.74, 6) is 0. The lowest BCUT2D eigenvalue weighted by Crippen LogP contribution is -2.23. The van der Waals surface area contributed by atoms with E-state index in [0.29, 0.717) is 0 Å². The number of nitrogens with one attached hydrogen (secondary N) is 1. The zero-order valence-electron chi connectivity index (χ0n) is 11.1. The smallest absolute Gasteiger partial charge is 0.0449 e. The summed E-state index contributed by atoms with van der Waals surface area (Å²) in [6, 6.07) is 9.07. The molecule has 0 fully saturated rings. The highest BCUT2D eigenvalue weighted by Gasteiger charge is 2.09. The second kappa shape index (κ2) is 8.26. The maximum atomic E-state index is 9.10. The van der Waals surface area contributed by atoms with Crippen molar-refractivity contribution in [2.45, 2.75) is 45.6 Å². The lowest BCUT2D eigenvalue weighted by Gasteiger charge is -2.18. The Morgan fingerprint density at radius 1 is 1.12 bits per heavy atom. The molecule has 2 N–H and O–H groups in total. The minimum absolute atomic E-state index is 0.234. The van der Waals surface area contributed by atoms with Crippen molar-refractivity contribution in [2.24, 2.45) is 0 Å². The summed E-state index contributed by atoms with van der Waals surface area (Å²) in [4.78, 5) is 0. The predicted molar refractivity (Wildman–Crippen MR) is 73.2 cm³/mol. The Kier molecular flexibility index (Phi) is 6.90. The van der Waals surface area contributed by atoms with E-state index in [1.165, 1.54) is 17.5 Å². The summed E-state index contributed by atoms with van der Waals surface area (Å²) in [5, 5.41) is 12.6. The monoisotopic (exact) mass is 235 g/mol. The van der Waals surface area contributed by atoms with E-state index in [1.807, 2.05) is 0 Å². The first-order valence-electron chi connectivity index (χ1n) is 6.74. The first-order chi connectivity index (χ1) is 8.31. The summed E-state index contributed by atoms with van der Waals surface area (Å²) >= 11 is 0. The molecule has 2 heteroatoms. The van der Waals surface area contributed by atoms with Gasteiger partial charge in [-0.2, -0.15) is 0 Å². The molecule has 0 aliphatic rings. The number of benzene rings is 1. The Labute approximate surface area is 105 Å². The Morgan fingerprint density at radius 2 is 1.82 bits per heavy atom. The average molecular weight is 235 g/mol. The minimum atomic E-state index is 0.234. The van der Waals surface area contributed by atoms with Crippen LogP contribution in [-0.4, -0.2) is 18.3 Å². The molecule has 1 unspecified atom stereocenters. The van der Waals surface area contributed by atoms with E-state index >= 15 is 0 Å². The van der Waals surface area contributed by atoms with Crippen LogP contribution in [0.5, 0.6) is 0 Å². The zero-order chi connectivity index (χ0) is 12.5. The van der Waals surface area contributed by atoms with E-state index in [1.54, 1.807) is 0 Å². The van der Waals surface area contributed by atoms with Gasteiger partial charge in [-0.3, -0.25) is 0 Å². The average Bonchev–Trinajstić information content (AvgIpc) is 2.36. The van der Waals surface area contributed by atoms with Crippen LogP contribution in [0.15, 0.2) is 24.3 Å². The van der Waals surface area contributed by atoms with Crippen LogP contribution in [0.1, 0.15) is 50.3 Å². The number of hydrogen-bond donors (Lipinski definition) is 2. The molecule has 96 valence electrons. The van der Waals surface area contributed by atoms with Crippen molar-refractivity contribution >= 4 is 0 Å². The SMILES string of the molecule is CCCNC(CCO)c1ccc(CCC)cc1. The molecule has 1 aromatic carbocycles. The van der Waals surface area contributed by atoms with Gasteiger partial charge in [-0.1, -0.05) is 44.5 Å². The van der Waals surface area contributed by atoms with Crippen LogP contribution < -0.4 is 5.32 Å². The second-order valence-electron chi connectivity index (χ2n) is 4.51. The van der Waals surface area contributed by atoms with Crippen molar-refractivity contribution in [3.05, 3.63) is 35.4 Å². The van der Waals surface area contributed by atoms with Gasteiger partial charge < -0.3 is 10.4 Å². The zero-order valence-corrected chi connectivity index (χ0v) is 11.1.